The molecule has 146 valence electrons. The highest BCUT2D eigenvalue weighted by atomic mass is 16.5. The minimum absolute atomic E-state index is 0.197. The van der Waals surface area contributed by atoms with E-state index in [1.807, 2.05) is 11.0 Å². The van der Waals surface area contributed by atoms with Gasteiger partial charge in [-0.15, -0.1) is 0 Å². The number of pyridine rings is 1. The zero-order valence-corrected chi connectivity index (χ0v) is 16.0. The van der Waals surface area contributed by atoms with Crippen molar-refractivity contribution >= 4 is 11.8 Å². The molecule has 1 aromatic rings. The number of rotatable bonds is 4. The first-order valence-corrected chi connectivity index (χ1v) is 9.92. The van der Waals surface area contributed by atoms with E-state index in [1.54, 1.807) is 18.6 Å². The fourth-order valence-electron chi connectivity index (χ4n) is 5.18. The maximum Gasteiger partial charge on any atom is 0.276 e. The molecule has 2 fully saturated rings. The topological polar surface area (TPSA) is 85.8 Å². The summed E-state index contributed by atoms with van der Waals surface area (Å²) in [6.07, 6.45) is 4.76. The van der Waals surface area contributed by atoms with Crippen LogP contribution in [0.1, 0.15) is 48.3 Å². The Bertz CT molecular complexity index is 741. The molecule has 3 aliphatic rings. The number of hydrogen-bond acceptors (Lipinski definition) is 5. The minimum atomic E-state index is -0.521. The average Bonchev–Trinajstić information content (AvgIpc) is 2.70. The molecule has 2 unspecified atom stereocenters. The molecule has 2 bridgehead atoms. The lowest BCUT2D eigenvalue weighted by atomic mass is 9.61. The van der Waals surface area contributed by atoms with Gasteiger partial charge in [0.15, 0.2) is 0 Å². The highest BCUT2D eigenvalue weighted by molar-refractivity contribution is 5.93. The van der Waals surface area contributed by atoms with Gasteiger partial charge in [0.2, 0.25) is 5.91 Å². The lowest BCUT2D eigenvalue weighted by Crippen LogP contribution is -2.59. The molecule has 3 heterocycles. The maximum atomic E-state index is 11.7. The first kappa shape index (κ1) is 18.4. The number of likely N-dealkylation sites (tertiary alicyclic amines) is 1. The molecular formula is C20H28N4O3. The van der Waals surface area contributed by atoms with E-state index in [4.69, 9.17) is 5.21 Å². The molecular weight excluding hydrogens is 344 g/mol. The number of nitrogens with zero attached hydrogens (tertiary/aromatic N) is 3. The summed E-state index contributed by atoms with van der Waals surface area (Å²) >= 11 is 0. The quantitative estimate of drug-likeness (QED) is 0.617. The molecule has 7 heteroatoms. The van der Waals surface area contributed by atoms with Gasteiger partial charge in [-0.05, 0) is 42.2 Å². The highest BCUT2D eigenvalue weighted by Gasteiger charge is 2.48. The van der Waals surface area contributed by atoms with Crippen LogP contribution in [0, 0.1) is 17.8 Å². The van der Waals surface area contributed by atoms with E-state index in [1.165, 1.54) is 6.42 Å². The number of fused-ring (bicyclic) bond motifs is 3. The number of carbonyl (C=O) groups excluding carboxylic acids is 2. The van der Waals surface area contributed by atoms with Crippen LogP contribution in [-0.4, -0.2) is 57.5 Å². The van der Waals surface area contributed by atoms with Gasteiger partial charge in [-0.2, -0.15) is 0 Å². The summed E-state index contributed by atoms with van der Waals surface area (Å²) in [7, 11) is 0. The van der Waals surface area contributed by atoms with Crippen LogP contribution in [0.4, 0.5) is 0 Å². The summed E-state index contributed by atoms with van der Waals surface area (Å²) in [5, 5.41) is 8.87. The van der Waals surface area contributed by atoms with Crippen molar-refractivity contribution in [1.29, 1.82) is 0 Å². The number of hydrogen-bond donors (Lipinski definition) is 2. The number of carbonyl (C=O) groups is 2. The molecule has 1 aromatic heterocycles. The Labute approximate surface area is 159 Å². The van der Waals surface area contributed by atoms with Crippen LogP contribution in [0.15, 0.2) is 12.3 Å². The Balaban J connectivity index is 1.47. The van der Waals surface area contributed by atoms with Crippen molar-refractivity contribution in [3.8, 4) is 0 Å². The van der Waals surface area contributed by atoms with Crippen LogP contribution in [0.25, 0.3) is 0 Å². The van der Waals surface area contributed by atoms with Gasteiger partial charge in [0.25, 0.3) is 5.91 Å². The minimum Gasteiger partial charge on any atom is -0.342 e. The summed E-state index contributed by atoms with van der Waals surface area (Å²) in [5.41, 5.74) is 4.22. The number of aromatic nitrogens is 1. The summed E-state index contributed by atoms with van der Waals surface area (Å²) in [4.78, 5) is 32.4. The highest BCUT2D eigenvalue weighted by Crippen LogP contribution is 2.46. The van der Waals surface area contributed by atoms with Gasteiger partial charge in [0, 0.05) is 57.5 Å². The largest absolute Gasteiger partial charge is 0.342 e. The zero-order valence-electron chi connectivity index (χ0n) is 16.0. The Kier molecular flexibility index (Phi) is 4.90. The van der Waals surface area contributed by atoms with E-state index in [0.29, 0.717) is 29.4 Å². The van der Waals surface area contributed by atoms with E-state index >= 15 is 0 Å². The third kappa shape index (κ3) is 3.34. The molecule has 1 aliphatic carbocycles. The molecule has 0 aromatic carbocycles. The van der Waals surface area contributed by atoms with Crippen LogP contribution in [0.2, 0.25) is 0 Å². The first-order valence-electron chi connectivity index (χ1n) is 9.92. The van der Waals surface area contributed by atoms with Crippen molar-refractivity contribution in [2.75, 3.05) is 19.6 Å². The van der Waals surface area contributed by atoms with Crippen LogP contribution in [0.5, 0.6) is 0 Å². The van der Waals surface area contributed by atoms with Gasteiger partial charge >= 0.3 is 0 Å². The molecule has 0 spiro atoms. The summed E-state index contributed by atoms with van der Waals surface area (Å²) in [5.74, 6) is 1.58. The molecule has 7 nitrogen and oxygen atoms in total. The molecule has 1 saturated carbocycles. The van der Waals surface area contributed by atoms with Gasteiger partial charge in [-0.1, -0.05) is 6.92 Å². The van der Waals surface area contributed by atoms with E-state index < -0.39 is 5.91 Å². The predicted octanol–water partition coefficient (Wildman–Crippen LogP) is 1.45. The second kappa shape index (κ2) is 7.20. The first-order chi connectivity index (χ1) is 13.0. The molecule has 2 amide bonds. The van der Waals surface area contributed by atoms with Crippen LogP contribution in [-0.2, 0) is 17.8 Å². The molecule has 2 N–H and O–H groups in total. The smallest absolute Gasteiger partial charge is 0.276 e. The predicted molar refractivity (Wildman–Crippen MR) is 99.0 cm³/mol. The molecule has 4 rings (SSSR count). The number of nitrogens with one attached hydrogen (secondary N) is 1. The van der Waals surface area contributed by atoms with Crippen molar-refractivity contribution in [2.45, 2.75) is 45.7 Å². The van der Waals surface area contributed by atoms with Crippen molar-refractivity contribution in [3.05, 3.63) is 29.1 Å². The Morgan fingerprint density at radius 1 is 1.33 bits per heavy atom. The summed E-state index contributed by atoms with van der Waals surface area (Å²) in [6, 6.07) is 2.32. The third-order valence-corrected chi connectivity index (χ3v) is 6.83. The Morgan fingerprint density at radius 3 is 2.70 bits per heavy atom. The molecule has 27 heavy (non-hydrogen) atoms. The van der Waals surface area contributed by atoms with E-state index in [0.717, 1.165) is 50.3 Å². The molecule has 2 aliphatic heterocycles. The Morgan fingerprint density at radius 2 is 2.07 bits per heavy atom. The standard InChI is InChI=1S/C20H28N4O3/c1-3-17-6-19-16(4-13(7-21-19)20(26)22-27)10-24(17)11-18-14-5-15(18)9-23(8-14)12(2)25/h4,7,14-15,17-18,27H,3,5-6,8-11H2,1-2H3,(H,22,26)/t14?,15?,17-,18?/m0/s1. The zero-order chi connectivity index (χ0) is 19.1. The van der Waals surface area contributed by atoms with Gasteiger partial charge in [-0.3, -0.25) is 24.7 Å². The van der Waals surface area contributed by atoms with Crippen molar-refractivity contribution in [2.24, 2.45) is 17.8 Å². The van der Waals surface area contributed by atoms with Crippen molar-refractivity contribution in [1.82, 2.24) is 20.3 Å². The second-order valence-corrected chi connectivity index (χ2v) is 8.31. The maximum absolute atomic E-state index is 11.7. The molecule has 1 saturated heterocycles. The van der Waals surface area contributed by atoms with Gasteiger partial charge in [0.05, 0.1) is 5.56 Å². The van der Waals surface area contributed by atoms with Crippen LogP contribution < -0.4 is 5.48 Å². The SMILES string of the molecule is CC[C@H]1Cc2ncc(C(=O)NO)cc2CN1CC1C2CC1CN(C(C)=O)C2. The fraction of sp³-hybridized carbons (Fsp3) is 0.650. The van der Waals surface area contributed by atoms with Crippen LogP contribution >= 0.6 is 0 Å². The van der Waals surface area contributed by atoms with E-state index in [2.05, 4.69) is 16.8 Å². The van der Waals surface area contributed by atoms with Crippen molar-refractivity contribution < 1.29 is 14.8 Å². The average molecular weight is 372 g/mol. The van der Waals surface area contributed by atoms with Gasteiger partial charge in [0.1, 0.15) is 0 Å². The number of hydroxylamine groups is 1. The fourth-order valence-corrected chi connectivity index (χ4v) is 5.18. The van der Waals surface area contributed by atoms with Crippen LogP contribution in [0.3, 0.4) is 0 Å². The normalized spacial score (nSPS) is 29.7. The van der Waals surface area contributed by atoms with E-state index in [-0.39, 0.29) is 5.91 Å². The number of piperidine rings is 2. The van der Waals surface area contributed by atoms with E-state index in [9.17, 15) is 9.59 Å². The Hall–Kier alpha value is -1.99. The van der Waals surface area contributed by atoms with Gasteiger partial charge < -0.3 is 4.90 Å². The molecule has 0 radical (unpaired) electrons. The summed E-state index contributed by atoms with van der Waals surface area (Å²) in [6.45, 7) is 7.53. The van der Waals surface area contributed by atoms with Gasteiger partial charge in [-0.25, -0.2) is 5.48 Å². The van der Waals surface area contributed by atoms with Crippen molar-refractivity contribution in [3.63, 3.8) is 0 Å². The lowest BCUT2D eigenvalue weighted by molar-refractivity contribution is -0.141. The lowest BCUT2D eigenvalue weighted by Gasteiger charge is -2.55. The summed E-state index contributed by atoms with van der Waals surface area (Å²) < 4.78 is 0. The third-order valence-electron chi connectivity index (χ3n) is 6.83. The second-order valence-electron chi connectivity index (χ2n) is 8.31. The molecule has 3 atom stereocenters. The monoisotopic (exact) mass is 372 g/mol. The number of amides is 2.